The van der Waals surface area contributed by atoms with E-state index in [9.17, 15) is 24.4 Å². The van der Waals surface area contributed by atoms with Crippen LogP contribution in [0.25, 0.3) is 0 Å². The number of carbonyl (C=O) groups is 4. The number of carbonyl (C=O) groups excluding carboxylic acids is 4. The first-order chi connectivity index (χ1) is 15.4. The minimum atomic E-state index is -0.578. The molecule has 32 heavy (non-hydrogen) atoms. The molecule has 1 fully saturated rings. The van der Waals surface area contributed by atoms with Crippen LogP contribution in [0.3, 0.4) is 0 Å². The van der Waals surface area contributed by atoms with Crippen LogP contribution in [0.4, 0.5) is 0 Å². The van der Waals surface area contributed by atoms with Crippen LogP contribution in [0, 0.1) is 11.8 Å². The molecule has 1 aromatic rings. The van der Waals surface area contributed by atoms with Crippen LogP contribution >= 0.6 is 0 Å². The third-order valence-corrected chi connectivity index (χ3v) is 5.81. The number of likely N-dealkylation sites (tertiary alicyclic amines) is 1. The fraction of sp³-hybridized carbons (Fsp3) is 0.565. The molecule has 0 saturated carbocycles. The Morgan fingerprint density at radius 3 is 2.47 bits per heavy atom. The number of rotatable bonds is 12. The highest BCUT2D eigenvalue weighted by atomic mass is 16.5. The van der Waals surface area contributed by atoms with E-state index in [1.54, 1.807) is 36.3 Å². The fourth-order valence-corrected chi connectivity index (χ4v) is 3.83. The van der Waals surface area contributed by atoms with Gasteiger partial charge in [0.25, 0.3) is 0 Å². The number of piperidine rings is 1. The molecule has 1 aliphatic rings. The van der Waals surface area contributed by atoms with Crippen molar-refractivity contribution >= 4 is 24.0 Å². The Hall–Kier alpha value is -2.94. The average Bonchev–Trinajstić information content (AvgIpc) is 2.84. The summed E-state index contributed by atoms with van der Waals surface area (Å²) in [5.74, 6) is -0.532. The number of hydroxylamine groups is 2. The highest BCUT2D eigenvalue weighted by molar-refractivity contribution is 5.98. The van der Waals surface area contributed by atoms with Crippen LogP contribution in [-0.2, 0) is 14.4 Å². The van der Waals surface area contributed by atoms with Gasteiger partial charge in [-0.25, -0.2) is 5.06 Å². The highest BCUT2D eigenvalue weighted by Crippen LogP contribution is 2.23. The summed E-state index contributed by atoms with van der Waals surface area (Å²) < 4.78 is 5.12. The van der Waals surface area contributed by atoms with Crippen LogP contribution in [0.1, 0.15) is 49.4 Å². The van der Waals surface area contributed by atoms with Gasteiger partial charge in [-0.3, -0.25) is 24.4 Å². The Kier molecular flexibility index (Phi) is 10.1. The van der Waals surface area contributed by atoms with Crippen molar-refractivity contribution in [3.05, 3.63) is 29.8 Å². The molecular weight excluding hydrogens is 414 g/mol. The lowest BCUT2D eigenvalue weighted by Crippen LogP contribution is -2.46. The Bertz CT molecular complexity index is 774. The van der Waals surface area contributed by atoms with E-state index in [0.29, 0.717) is 48.7 Å². The van der Waals surface area contributed by atoms with Gasteiger partial charge in [0.15, 0.2) is 5.78 Å². The first-order valence-corrected chi connectivity index (χ1v) is 11.0. The van der Waals surface area contributed by atoms with Crippen molar-refractivity contribution in [1.82, 2.24) is 15.3 Å². The summed E-state index contributed by atoms with van der Waals surface area (Å²) in [4.78, 5) is 50.0. The minimum absolute atomic E-state index is 0.0653. The number of benzene rings is 1. The predicted molar refractivity (Wildman–Crippen MR) is 117 cm³/mol. The van der Waals surface area contributed by atoms with E-state index in [0.717, 1.165) is 12.8 Å². The monoisotopic (exact) mass is 447 g/mol. The number of unbranched alkanes of at least 4 members (excludes halogenated alkanes) is 1. The summed E-state index contributed by atoms with van der Waals surface area (Å²) in [5.41, 5.74) is 0.634. The molecule has 0 spiro atoms. The van der Waals surface area contributed by atoms with Gasteiger partial charge in [-0.05, 0) is 43.5 Å². The van der Waals surface area contributed by atoms with Crippen molar-refractivity contribution in [2.45, 2.75) is 39.0 Å². The molecule has 1 aliphatic heterocycles. The van der Waals surface area contributed by atoms with Crippen molar-refractivity contribution in [3.63, 3.8) is 0 Å². The van der Waals surface area contributed by atoms with Gasteiger partial charge in [0.1, 0.15) is 5.75 Å². The molecule has 176 valence electrons. The van der Waals surface area contributed by atoms with Crippen LogP contribution in [0.15, 0.2) is 24.3 Å². The molecule has 1 unspecified atom stereocenters. The van der Waals surface area contributed by atoms with Crippen molar-refractivity contribution in [2.75, 3.05) is 33.3 Å². The second-order valence-electron chi connectivity index (χ2n) is 8.03. The number of nitrogens with one attached hydrogen (secondary N) is 1. The number of Topliss-reactive ketones (excluding diaryl/α,β-unsaturated/α-hetero) is 1. The smallest absolute Gasteiger partial charge is 0.241 e. The van der Waals surface area contributed by atoms with Gasteiger partial charge in [-0.1, -0.05) is 19.8 Å². The summed E-state index contributed by atoms with van der Waals surface area (Å²) in [6.07, 6.45) is 3.56. The average molecular weight is 448 g/mol. The molecular formula is C23H33N3O6. The molecule has 2 rings (SSSR count). The third-order valence-electron chi connectivity index (χ3n) is 5.81. The topological polar surface area (TPSA) is 116 Å². The quantitative estimate of drug-likeness (QED) is 0.219. The van der Waals surface area contributed by atoms with Gasteiger partial charge >= 0.3 is 0 Å². The SMILES string of the molecule is CCCCC(CN(O)C=O)C(=O)NCC(=O)N1CCC(C(=O)c2ccc(OC)cc2)CC1. The van der Waals surface area contributed by atoms with E-state index < -0.39 is 5.92 Å². The molecule has 9 nitrogen and oxygen atoms in total. The summed E-state index contributed by atoms with van der Waals surface area (Å²) in [5, 5.41) is 12.5. The lowest BCUT2D eigenvalue weighted by molar-refractivity contribution is -0.155. The Labute approximate surface area is 188 Å². The van der Waals surface area contributed by atoms with E-state index in [-0.39, 0.29) is 43.0 Å². The lowest BCUT2D eigenvalue weighted by atomic mass is 9.89. The Morgan fingerprint density at radius 2 is 1.91 bits per heavy atom. The van der Waals surface area contributed by atoms with Crippen LogP contribution in [-0.4, -0.2) is 72.5 Å². The van der Waals surface area contributed by atoms with E-state index in [1.165, 1.54) is 0 Å². The van der Waals surface area contributed by atoms with Crippen LogP contribution in [0.2, 0.25) is 0 Å². The zero-order valence-corrected chi connectivity index (χ0v) is 18.8. The molecule has 1 saturated heterocycles. The normalized spacial score (nSPS) is 15.0. The number of methoxy groups -OCH3 is 1. The largest absolute Gasteiger partial charge is 0.497 e. The molecule has 2 N–H and O–H groups in total. The van der Waals surface area contributed by atoms with Gasteiger partial charge < -0.3 is 15.0 Å². The molecule has 1 aromatic carbocycles. The second-order valence-corrected chi connectivity index (χ2v) is 8.03. The Balaban J connectivity index is 1.81. The van der Waals surface area contributed by atoms with Crippen molar-refractivity contribution in [3.8, 4) is 5.75 Å². The molecule has 0 radical (unpaired) electrons. The number of nitrogens with zero attached hydrogens (tertiary/aromatic N) is 2. The summed E-state index contributed by atoms with van der Waals surface area (Å²) in [7, 11) is 1.57. The minimum Gasteiger partial charge on any atom is -0.497 e. The maximum absolute atomic E-state index is 12.7. The van der Waals surface area contributed by atoms with Gasteiger partial charge in [0, 0.05) is 24.6 Å². The summed E-state index contributed by atoms with van der Waals surface area (Å²) in [6, 6.07) is 7.02. The number of ketones is 1. The zero-order valence-electron chi connectivity index (χ0n) is 18.8. The second kappa shape index (κ2) is 12.8. The highest BCUT2D eigenvalue weighted by Gasteiger charge is 2.28. The molecule has 0 bridgehead atoms. The molecule has 1 atom stereocenters. The van der Waals surface area contributed by atoms with Crippen LogP contribution < -0.4 is 10.1 Å². The molecule has 0 aliphatic carbocycles. The first-order valence-electron chi connectivity index (χ1n) is 11.0. The summed E-state index contributed by atoms with van der Waals surface area (Å²) in [6.45, 7) is 2.64. The molecule has 3 amide bonds. The molecule has 9 heteroatoms. The van der Waals surface area contributed by atoms with Crippen LogP contribution in [0.5, 0.6) is 5.75 Å². The predicted octanol–water partition coefficient (Wildman–Crippen LogP) is 1.89. The molecule has 0 aromatic heterocycles. The lowest BCUT2D eigenvalue weighted by Gasteiger charge is -2.31. The van der Waals surface area contributed by atoms with E-state index in [2.05, 4.69) is 5.32 Å². The number of hydrogen-bond donors (Lipinski definition) is 2. The summed E-state index contributed by atoms with van der Waals surface area (Å²) >= 11 is 0. The van der Waals surface area contributed by atoms with Crippen molar-refractivity contribution in [2.24, 2.45) is 11.8 Å². The standard InChI is InChI=1S/C23H33N3O6/c1-3-4-5-19(15-26(31)16-27)23(30)24-14-21(28)25-12-10-18(11-13-25)22(29)17-6-8-20(32-2)9-7-17/h6-9,16,18-19,31H,3-5,10-15H2,1-2H3,(H,24,30). The zero-order chi connectivity index (χ0) is 23.5. The van der Waals surface area contributed by atoms with Crippen molar-refractivity contribution in [1.29, 1.82) is 0 Å². The van der Waals surface area contributed by atoms with Gasteiger partial charge in [0.05, 0.1) is 26.1 Å². The Morgan fingerprint density at radius 1 is 1.25 bits per heavy atom. The van der Waals surface area contributed by atoms with E-state index in [1.807, 2.05) is 6.92 Å². The third kappa shape index (κ3) is 7.33. The van der Waals surface area contributed by atoms with Gasteiger partial charge in [-0.2, -0.15) is 0 Å². The maximum atomic E-state index is 12.7. The number of ether oxygens (including phenoxy) is 1. The fourth-order valence-electron chi connectivity index (χ4n) is 3.83. The number of amides is 3. The van der Waals surface area contributed by atoms with Gasteiger partial charge in [0.2, 0.25) is 18.2 Å². The number of hydrogen-bond acceptors (Lipinski definition) is 6. The van der Waals surface area contributed by atoms with E-state index >= 15 is 0 Å². The first kappa shape index (κ1) is 25.3. The maximum Gasteiger partial charge on any atom is 0.241 e. The molecule has 1 heterocycles. The van der Waals surface area contributed by atoms with Crippen molar-refractivity contribution < 1.29 is 29.1 Å². The van der Waals surface area contributed by atoms with E-state index in [4.69, 9.17) is 4.74 Å². The van der Waals surface area contributed by atoms with Gasteiger partial charge in [-0.15, -0.1) is 0 Å².